The van der Waals surface area contributed by atoms with Crippen molar-refractivity contribution in [3.05, 3.63) is 69.2 Å². The Morgan fingerprint density at radius 1 is 0.931 bits per heavy atom. The highest BCUT2D eigenvalue weighted by molar-refractivity contribution is 6.31. The fourth-order valence-corrected chi connectivity index (χ4v) is 3.71. The zero-order valence-electron chi connectivity index (χ0n) is 15.7. The lowest BCUT2D eigenvalue weighted by Crippen LogP contribution is -2.55. The predicted octanol–water partition coefficient (Wildman–Crippen LogP) is 2.29. The number of aliphatic hydroxyl groups is 4. The van der Waals surface area contributed by atoms with Gasteiger partial charge in [-0.1, -0.05) is 42.8 Å². The Morgan fingerprint density at radius 2 is 1.59 bits per heavy atom. The van der Waals surface area contributed by atoms with Crippen molar-refractivity contribution in [2.45, 2.75) is 50.3 Å². The van der Waals surface area contributed by atoms with Crippen LogP contribution < -0.4 is 0 Å². The van der Waals surface area contributed by atoms with E-state index in [0.717, 1.165) is 0 Å². The molecule has 1 aliphatic rings. The summed E-state index contributed by atoms with van der Waals surface area (Å²) in [5.41, 5.74) is 1.32. The van der Waals surface area contributed by atoms with Gasteiger partial charge < -0.3 is 25.2 Å². The van der Waals surface area contributed by atoms with E-state index >= 15 is 0 Å². The van der Waals surface area contributed by atoms with Crippen LogP contribution in [0.5, 0.6) is 0 Å². The lowest BCUT2D eigenvalue weighted by molar-refractivity contribution is -0.231. The zero-order valence-corrected chi connectivity index (χ0v) is 16.5. The van der Waals surface area contributed by atoms with E-state index in [1.807, 2.05) is 0 Å². The number of halogens is 3. The molecule has 0 unspecified atom stereocenters. The quantitative estimate of drug-likeness (QED) is 0.586. The Labute approximate surface area is 172 Å². The Balaban J connectivity index is 1.92. The number of aryl methyl sites for hydroxylation is 1. The standard InChI is InChI=1S/C21H23ClF2O5/c1-2-10-3-4-11(17(24)16(10)23)7-13-8-12(5-6-14(13)22)21-20(28)19(27)18(26)15(9-25)29-21/h3-6,8,15,18-21,25-28H,2,7,9H2,1H3/t15-,18-,19+,20-,21+/m1/s1. The van der Waals surface area contributed by atoms with Crippen LogP contribution in [0, 0.1) is 11.6 Å². The van der Waals surface area contributed by atoms with Crippen LogP contribution in [0.15, 0.2) is 30.3 Å². The molecule has 0 spiro atoms. The van der Waals surface area contributed by atoms with Gasteiger partial charge in [0.2, 0.25) is 0 Å². The second-order valence-corrected chi connectivity index (χ2v) is 7.55. The minimum atomic E-state index is -1.52. The molecule has 1 aliphatic heterocycles. The predicted molar refractivity (Wildman–Crippen MR) is 103 cm³/mol. The fourth-order valence-electron chi connectivity index (χ4n) is 3.53. The van der Waals surface area contributed by atoms with Crippen LogP contribution >= 0.6 is 11.6 Å². The number of aliphatic hydroxyl groups excluding tert-OH is 4. The summed E-state index contributed by atoms with van der Waals surface area (Å²) in [6, 6.07) is 7.70. The molecule has 1 fully saturated rings. The molecule has 158 valence electrons. The van der Waals surface area contributed by atoms with E-state index < -0.39 is 48.8 Å². The van der Waals surface area contributed by atoms with Crippen molar-refractivity contribution in [3.8, 4) is 0 Å². The molecule has 1 heterocycles. The van der Waals surface area contributed by atoms with Gasteiger partial charge >= 0.3 is 0 Å². The summed E-state index contributed by atoms with van der Waals surface area (Å²) in [6.07, 6.45) is -6.13. The zero-order chi connectivity index (χ0) is 21.3. The van der Waals surface area contributed by atoms with Crippen LogP contribution in [0.1, 0.15) is 35.3 Å². The minimum absolute atomic E-state index is 0.0108. The molecule has 0 aromatic heterocycles. The maximum Gasteiger partial charge on any atom is 0.162 e. The van der Waals surface area contributed by atoms with Gasteiger partial charge in [0.1, 0.15) is 30.5 Å². The van der Waals surface area contributed by atoms with E-state index in [1.165, 1.54) is 18.2 Å². The average Bonchev–Trinajstić information content (AvgIpc) is 2.72. The van der Waals surface area contributed by atoms with Crippen LogP contribution in [-0.2, 0) is 17.6 Å². The monoisotopic (exact) mass is 428 g/mol. The molecule has 4 N–H and O–H groups in total. The van der Waals surface area contributed by atoms with Gasteiger partial charge in [-0.2, -0.15) is 0 Å². The second kappa shape index (κ2) is 9.04. The largest absolute Gasteiger partial charge is 0.394 e. The maximum atomic E-state index is 14.4. The van der Waals surface area contributed by atoms with Crippen molar-refractivity contribution in [2.24, 2.45) is 0 Å². The summed E-state index contributed by atoms with van der Waals surface area (Å²) in [7, 11) is 0. The van der Waals surface area contributed by atoms with Crippen molar-refractivity contribution >= 4 is 11.6 Å². The van der Waals surface area contributed by atoms with E-state index in [9.17, 15) is 29.2 Å². The Morgan fingerprint density at radius 3 is 2.24 bits per heavy atom. The number of benzene rings is 2. The van der Waals surface area contributed by atoms with E-state index in [-0.39, 0.29) is 17.5 Å². The normalized spacial score (nSPS) is 27.2. The topological polar surface area (TPSA) is 90.2 Å². The molecule has 0 radical (unpaired) electrons. The van der Waals surface area contributed by atoms with Gasteiger partial charge in [0.15, 0.2) is 11.6 Å². The van der Waals surface area contributed by atoms with E-state index in [4.69, 9.17) is 16.3 Å². The molecular weight excluding hydrogens is 406 g/mol. The van der Waals surface area contributed by atoms with Crippen molar-refractivity contribution in [2.75, 3.05) is 6.61 Å². The lowest BCUT2D eigenvalue weighted by atomic mass is 9.90. The molecule has 0 bridgehead atoms. The van der Waals surface area contributed by atoms with Gasteiger partial charge in [-0.25, -0.2) is 8.78 Å². The molecule has 5 nitrogen and oxygen atoms in total. The van der Waals surface area contributed by atoms with Gasteiger partial charge in [-0.15, -0.1) is 0 Å². The molecule has 0 aliphatic carbocycles. The minimum Gasteiger partial charge on any atom is -0.394 e. The lowest BCUT2D eigenvalue weighted by Gasteiger charge is -2.40. The third-order valence-corrected chi connectivity index (χ3v) is 5.66. The molecule has 3 rings (SSSR count). The number of ether oxygens (including phenoxy) is 1. The second-order valence-electron chi connectivity index (χ2n) is 7.14. The van der Waals surface area contributed by atoms with Crippen molar-refractivity contribution in [1.29, 1.82) is 0 Å². The highest BCUT2D eigenvalue weighted by atomic mass is 35.5. The fraction of sp³-hybridized carbons (Fsp3) is 0.429. The van der Waals surface area contributed by atoms with Crippen LogP contribution in [-0.4, -0.2) is 51.4 Å². The molecule has 5 atom stereocenters. The Hall–Kier alpha value is -1.61. The first kappa shape index (κ1) is 22.1. The smallest absolute Gasteiger partial charge is 0.162 e. The van der Waals surface area contributed by atoms with Gasteiger partial charge in [0.05, 0.1) is 6.61 Å². The maximum absolute atomic E-state index is 14.4. The van der Waals surface area contributed by atoms with Crippen LogP contribution in [0.3, 0.4) is 0 Å². The molecule has 2 aromatic carbocycles. The van der Waals surface area contributed by atoms with E-state index in [2.05, 4.69) is 0 Å². The molecule has 0 saturated carbocycles. The molecule has 29 heavy (non-hydrogen) atoms. The van der Waals surface area contributed by atoms with Crippen molar-refractivity contribution < 1.29 is 33.9 Å². The van der Waals surface area contributed by atoms with Gasteiger partial charge in [0.25, 0.3) is 0 Å². The first-order valence-corrected chi connectivity index (χ1v) is 9.70. The SMILES string of the molecule is CCc1ccc(Cc2cc([C@@H]3O[C@H](CO)[C@@H](O)[C@H](O)[C@H]3O)ccc2Cl)c(F)c1F. The van der Waals surface area contributed by atoms with Gasteiger partial charge in [-0.05, 0) is 34.7 Å². The summed E-state index contributed by atoms with van der Waals surface area (Å²) in [5, 5.41) is 39.9. The first-order valence-electron chi connectivity index (χ1n) is 9.33. The van der Waals surface area contributed by atoms with Crippen LogP contribution in [0.4, 0.5) is 8.78 Å². The molecule has 2 aromatic rings. The molecule has 0 amide bonds. The Kier molecular flexibility index (Phi) is 6.88. The summed E-state index contributed by atoms with van der Waals surface area (Å²) in [6.45, 7) is 1.19. The third-order valence-electron chi connectivity index (χ3n) is 5.29. The molecule has 1 saturated heterocycles. The summed E-state index contributed by atoms with van der Waals surface area (Å²) < 4.78 is 34.1. The highest BCUT2D eigenvalue weighted by Crippen LogP contribution is 2.34. The summed E-state index contributed by atoms with van der Waals surface area (Å²) in [5.74, 6) is -1.81. The van der Waals surface area contributed by atoms with Gasteiger partial charge in [-0.3, -0.25) is 0 Å². The average molecular weight is 429 g/mol. The molecule has 8 heteroatoms. The van der Waals surface area contributed by atoms with Crippen LogP contribution in [0.2, 0.25) is 5.02 Å². The number of rotatable bonds is 5. The molecular formula is C21H23ClF2O5. The highest BCUT2D eigenvalue weighted by Gasteiger charge is 2.44. The van der Waals surface area contributed by atoms with Crippen molar-refractivity contribution in [1.82, 2.24) is 0 Å². The summed E-state index contributed by atoms with van der Waals surface area (Å²) >= 11 is 6.23. The van der Waals surface area contributed by atoms with Crippen LogP contribution in [0.25, 0.3) is 0 Å². The van der Waals surface area contributed by atoms with Crippen molar-refractivity contribution in [3.63, 3.8) is 0 Å². The van der Waals surface area contributed by atoms with E-state index in [1.54, 1.807) is 19.1 Å². The van der Waals surface area contributed by atoms with Gasteiger partial charge in [0, 0.05) is 11.4 Å². The third kappa shape index (κ3) is 4.30. The first-order chi connectivity index (χ1) is 13.8. The number of hydrogen-bond donors (Lipinski definition) is 4. The summed E-state index contributed by atoms with van der Waals surface area (Å²) in [4.78, 5) is 0. The Bertz CT molecular complexity index is 876. The number of hydrogen-bond acceptors (Lipinski definition) is 5. The van der Waals surface area contributed by atoms with E-state index in [0.29, 0.717) is 22.6 Å².